The minimum atomic E-state index is -0.480. The molecule has 0 spiro atoms. The fraction of sp³-hybridized carbons (Fsp3) is 0.524. The summed E-state index contributed by atoms with van der Waals surface area (Å²) in [5.74, 6) is -0.144. The Kier molecular flexibility index (Phi) is 3.45. The van der Waals surface area contributed by atoms with Gasteiger partial charge < -0.3 is 15.2 Å². The topological polar surface area (TPSA) is 75.1 Å². The number of fused-ring (bicyclic) bond motifs is 1. The molecule has 5 nitrogen and oxygen atoms in total. The smallest absolute Gasteiger partial charge is 0.192 e. The van der Waals surface area contributed by atoms with E-state index >= 15 is 4.39 Å². The van der Waals surface area contributed by atoms with Crippen molar-refractivity contribution in [1.82, 2.24) is 4.57 Å². The van der Waals surface area contributed by atoms with Gasteiger partial charge in [0.15, 0.2) is 5.43 Å². The molecule has 2 aromatic rings. The van der Waals surface area contributed by atoms with Gasteiger partial charge in [0.1, 0.15) is 17.4 Å². The maximum Gasteiger partial charge on any atom is 0.192 e. The van der Waals surface area contributed by atoms with Crippen LogP contribution in [0.15, 0.2) is 17.1 Å². The summed E-state index contributed by atoms with van der Waals surface area (Å²) in [7, 11) is 0. The molecule has 1 aromatic carbocycles. The maximum absolute atomic E-state index is 15.1. The van der Waals surface area contributed by atoms with Crippen molar-refractivity contribution in [2.24, 2.45) is 11.7 Å². The monoisotopic (exact) mass is 366 g/mol. The minimum Gasteiger partial charge on any atom is -0.368 e. The molecule has 140 valence electrons. The number of aryl methyl sites for hydroxylation is 1. The zero-order valence-electron chi connectivity index (χ0n) is 15.5. The molecule has 2 aliphatic carbocycles. The Morgan fingerprint density at radius 3 is 2.70 bits per heavy atom. The molecule has 27 heavy (non-hydrogen) atoms. The first kappa shape index (κ1) is 16.8. The Labute approximate surface area is 157 Å². The van der Waals surface area contributed by atoms with Gasteiger partial charge in [0.05, 0.1) is 16.6 Å². The van der Waals surface area contributed by atoms with Gasteiger partial charge in [-0.2, -0.15) is 5.26 Å². The van der Waals surface area contributed by atoms with Crippen molar-refractivity contribution in [3.8, 4) is 6.07 Å². The summed E-state index contributed by atoms with van der Waals surface area (Å²) in [6, 6.07) is 3.85. The lowest BCUT2D eigenvalue weighted by atomic mass is 9.97. The van der Waals surface area contributed by atoms with Crippen LogP contribution in [0.3, 0.4) is 0 Å². The molecule has 3 aliphatic rings. The van der Waals surface area contributed by atoms with Crippen LogP contribution in [-0.4, -0.2) is 23.2 Å². The van der Waals surface area contributed by atoms with Crippen LogP contribution in [0.25, 0.3) is 10.9 Å². The van der Waals surface area contributed by atoms with Crippen LogP contribution in [0, 0.1) is 30.0 Å². The second-order valence-electron chi connectivity index (χ2n) is 8.53. The molecule has 1 atom stereocenters. The number of benzene rings is 1. The third kappa shape index (κ3) is 2.49. The number of hydrogen-bond acceptors (Lipinski definition) is 4. The van der Waals surface area contributed by atoms with E-state index in [2.05, 4.69) is 6.07 Å². The first-order valence-corrected chi connectivity index (χ1v) is 9.75. The molecule has 6 heteroatoms. The summed E-state index contributed by atoms with van der Waals surface area (Å²) in [4.78, 5) is 14.6. The first-order valence-electron chi connectivity index (χ1n) is 9.75. The summed E-state index contributed by atoms with van der Waals surface area (Å²) >= 11 is 0. The van der Waals surface area contributed by atoms with E-state index in [1.807, 2.05) is 15.7 Å². The maximum atomic E-state index is 15.1. The van der Waals surface area contributed by atoms with Crippen LogP contribution in [0.4, 0.5) is 10.1 Å². The van der Waals surface area contributed by atoms with Gasteiger partial charge in [-0.1, -0.05) is 0 Å². The highest BCUT2D eigenvalue weighted by atomic mass is 19.1. The number of pyridine rings is 1. The molecule has 0 unspecified atom stereocenters. The van der Waals surface area contributed by atoms with Gasteiger partial charge in [-0.15, -0.1) is 0 Å². The molecule has 3 fully saturated rings. The number of aromatic nitrogens is 1. The third-order valence-corrected chi connectivity index (χ3v) is 6.62. The SMILES string of the molecule is Cc1cn(C2CC2)c2c(C#N)c(N3CC[C@@H](C4(N)CC4)C3)c(F)cc2c1=O. The van der Waals surface area contributed by atoms with E-state index in [0.29, 0.717) is 47.2 Å². The van der Waals surface area contributed by atoms with Crippen LogP contribution in [-0.2, 0) is 0 Å². The van der Waals surface area contributed by atoms with Crippen molar-refractivity contribution in [3.05, 3.63) is 39.4 Å². The fourth-order valence-corrected chi connectivity index (χ4v) is 4.66. The van der Waals surface area contributed by atoms with Gasteiger partial charge in [-0.3, -0.25) is 4.79 Å². The predicted molar refractivity (Wildman–Crippen MR) is 102 cm³/mol. The molecule has 0 bridgehead atoms. The highest BCUT2D eigenvalue weighted by molar-refractivity contribution is 5.91. The molecular formula is C21H23FN4O. The lowest BCUT2D eigenvalue weighted by Gasteiger charge is -2.24. The normalized spacial score (nSPS) is 23.6. The molecule has 0 amide bonds. The van der Waals surface area contributed by atoms with Gasteiger partial charge in [-0.25, -0.2) is 4.39 Å². The molecule has 2 N–H and O–H groups in total. The summed E-state index contributed by atoms with van der Waals surface area (Å²) in [5, 5.41) is 10.3. The van der Waals surface area contributed by atoms with Gasteiger partial charge >= 0.3 is 0 Å². The second-order valence-corrected chi connectivity index (χ2v) is 8.53. The lowest BCUT2D eigenvalue weighted by Crippen LogP contribution is -2.35. The van der Waals surface area contributed by atoms with E-state index in [1.54, 1.807) is 6.92 Å². The van der Waals surface area contributed by atoms with E-state index in [4.69, 9.17) is 5.73 Å². The Morgan fingerprint density at radius 1 is 1.33 bits per heavy atom. The Balaban J connectivity index is 1.71. The summed E-state index contributed by atoms with van der Waals surface area (Å²) in [6.45, 7) is 3.12. The Morgan fingerprint density at radius 2 is 2.07 bits per heavy atom. The molecular weight excluding hydrogens is 343 g/mol. The third-order valence-electron chi connectivity index (χ3n) is 6.62. The summed E-state index contributed by atoms with van der Waals surface area (Å²) in [6.07, 6.45) is 6.85. The van der Waals surface area contributed by atoms with E-state index in [-0.39, 0.29) is 16.5 Å². The van der Waals surface area contributed by atoms with Gasteiger partial charge in [0.2, 0.25) is 0 Å². The first-order chi connectivity index (χ1) is 12.9. The summed E-state index contributed by atoms with van der Waals surface area (Å²) in [5.41, 5.74) is 7.87. The zero-order valence-corrected chi connectivity index (χ0v) is 15.5. The van der Waals surface area contributed by atoms with Gasteiger partial charge in [0.25, 0.3) is 0 Å². The molecule has 1 aromatic heterocycles. The number of nitrogens with zero attached hydrogens (tertiary/aromatic N) is 3. The molecule has 1 aliphatic heterocycles. The number of nitrogens with two attached hydrogens (primary N) is 1. The van der Waals surface area contributed by atoms with Crippen molar-refractivity contribution in [2.45, 2.75) is 50.6 Å². The standard InChI is InChI=1S/C21H23FN4O/c1-12-10-26(14-2-3-14)18-15(20(12)27)8-17(22)19(16(18)9-23)25-7-4-13(11-25)21(24)5-6-21/h8,10,13-14H,2-7,11,24H2,1H3/t13-/m1/s1. The highest BCUT2D eigenvalue weighted by Gasteiger charge is 2.48. The highest BCUT2D eigenvalue weighted by Crippen LogP contribution is 2.46. The lowest BCUT2D eigenvalue weighted by molar-refractivity contribution is 0.442. The van der Waals surface area contributed by atoms with E-state index in [1.165, 1.54) is 6.07 Å². The molecule has 2 saturated carbocycles. The molecule has 5 rings (SSSR count). The number of hydrogen-bond donors (Lipinski definition) is 1. The number of anilines is 1. The average Bonchev–Trinajstić information content (AvgIpc) is 3.57. The largest absolute Gasteiger partial charge is 0.368 e. The van der Waals surface area contributed by atoms with Crippen molar-refractivity contribution in [1.29, 1.82) is 5.26 Å². The Hall–Kier alpha value is -2.39. The van der Waals surface area contributed by atoms with Crippen molar-refractivity contribution in [2.75, 3.05) is 18.0 Å². The van der Waals surface area contributed by atoms with E-state index in [0.717, 1.165) is 32.1 Å². The number of halogens is 1. The second kappa shape index (κ2) is 5.56. The predicted octanol–water partition coefficient (Wildman–Crippen LogP) is 2.97. The van der Waals surface area contributed by atoms with Crippen LogP contribution in [0.2, 0.25) is 0 Å². The summed E-state index contributed by atoms with van der Waals surface area (Å²) < 4.78 is 17.2. The fourth-order valence-electron chi connectivity index (χ4n) is 4.66. The minimum absolute atomic E-state index is 0.109. The van der Waals surface area contributed by atoms with Crippen molar-refractivity contribution in [3.63, 3.8) is 0 Å². The molecule has 0 radical (unpaired) electrons. The van der Waals surface area contributed by atoms with Gasteiger partial charge in [0, 0.05) is 36.4 Å². The van der Waals surface area contributed by atoms with Crippen LogP contribution in [0.5, 0.6) is 0 Å². The molecule has 2 heterocycles. The van der Waals surface area contributed by atoms with Crippen molar-refractivity contribution < 1.29 is 4.39 Å². The zero-order chi connectivity index (χ0) is 18.9. The van der Waals surface area contributed by atoms with Gasteiger partial charge in [-0.05, 0) is 51.0 Å². The Bertz CT molecular complexity index is 1060. The van der Waals surface area contributed by atoms with Crippen LogP contribution in [0.1, 0.15) is 49.3 Å². The quantitative estimate of drug-likeness (QED) is 0.906. The van der Waals surface area contributed by atoms with Crippen molar-refractivity contribution >= 4 is 16.6 Å². The average molecular weight is 366 g/mol. The van der Waals surface area contributed by atoms with Crippen LogP contribution >= 0.6 is 0 Å². The van der Waals surface area contributed by atoms with Crippen LogP contribution < -0.4 is 16.1 Å². The number of rotatable bonds is 3. The number of nitriles is 1. The van der Waals surface area contributed by atoms with E-state index < -0.39 is 5.82 Å². The van der Waals surface area contributed by atoms with E-state index in [9.17, 15) is 10.1 Å². The molecule has 1 saturated heterocycles.